The Hall–Kier alpha value is -2.38. The average Bonchev–Trinajstić information content (AvgIpc) is 3.22. The highest BCUT2D eigenvalue weighted by Gasteiger charge is 2.29. The maximum absolute atomic E-state index is 12.9. The van der Waals surface area contributed by atoms with Gasteiger partial charge in [-0.25, -0.2) is 8.42 Å². The lowest BCUT2D eigenvalue weighted by Gasteiger charge is -2.30. The van der Waals surface area contributed by atoms with E-state index < -0.39 is 10.0 Å². The van der Waals surface area contributed by atoms with Gasteiger partial charge in [0.1, 0.15) is 5.75 Å². The molecule has 0 saturated heterocycles. The smallest absolute Gasteiger partial charge is 0.243 e. The molecule has 6 nitrogen and oxygen atoms in total. The predicted octanol–water partition coefficient (Wildman–Crippen LogP) is 3.76. The normalized spacial score (nSPS) is 16.9. The summed E-state index contributed by atoms with van der Waals surface area (Å²) in [6.45, 7) is 0.691. The summed E-state index contributed by atoms with van der Waals surface area (Å²) in [5.74, 6) is 0.762. The van der Waals surface area contributed by atoms with Crippen molar-refractivity contribution in [3.8, 4) is 5.75 Å². The van der Waals surface area contributed by atoms with Crippen molar-refractivity contribution in [3.63, 3.8) is 0 Å². The first-order valence-electron chi connectivity index (χ1n) is 10.6. The van der Waals surface area contributed by atoms with Crippen LogP contribution in [0.25, 0.3) is 0 Å². The standard InChI is InChI=1S/C23H28N2O4S/c1-25(20-5-3-2-4-6-20)30(27,28)21-10-8-19(9-11-21)24-23(26)16-17-7-12-22-18(15-17)13-14-29-22/h7-12,15,20H,2-6,13-14,16H2,1H3,(H,24,26). The van der Waals surface area contributed by atoms with Crippen LogP contribution in [0.2, 0.25) is 0 Å². The minimum Gasteiger partial charge on any atom is -0.493 e. The summed E-state index contributed by atoms with van der Waals surface area (Å²) >= 11 is 0. The molecular weight excluding hydrogens is 400 g/mol. The second kappa shape index (κ2) is 8.78. The molecular formula is C23H28N2O4S. The van der Waals surface area contributed by atoms with Gasteiger partial charge in [0.2, 0.25) is 15.9 Å². The summed E-state index contributed by atoms with van der Waals surface area (Å²) in [5, 5.41) is 2.85. The second-order valence-electron chi connectivity index (χ2n) is 8.10. The van der Waals surface area contributed by atoms with E-state index in [9.17, 15) is 13.2 Å². The van der Waals surface area contributed by atoms with E-state index in [1.165, 1.54) is 10.7 Å². The maximum atomic E-state index is 12.9. The SMILES string of the molecule is CN(C1CCCCC1)S(=O)(=O)c1ccc(NC(=O)Cc2ccc3c(c2)CCO3)cc1. The van der Waals surface area contributed by atoms with Crippen molar-refractivity contribution < 1.29 is 17.9 Å². The Morgan fingerprint density at radius 1 is 1.10 bits per heavy atom. The highest BCUT2D eigenvalue weighted by Crippen LogP contribution is 2.28. The van der Waals surface area contributed by atoms with Crippen molar-refractivity contribution in [2.24, 2.45) is 0 Å². The zero-order valence-corrected chi connectivity index (χ0v) is 18.1. The zero-order valence-electron chi connectivity index (χ0n) is 17.3. The number of benzene rings is 2. The molecule has 7 heteroatoms. The van der Waals surface area contributed by atoms with Gasteiger partial charge < -0.3 is 10.1 Å². The van der Waals surface area contributed by atoms with Crippen LogP contribution in [0, 0.1) is 0 Å². The molecule has 0 aromatic heterocycles. The molecule has 1 aliphatic heterocycles. The summed E-state index contributed by atoms with van der Waals surface area (Å²) in [6, 6.07) is 12.3. The Kier molecular flexibility index (Phi) is 6.11. The Bertz CT molecular complexity index is 1010. The van der Waals surface area contributed by atoms with E-state index in [0.29, 0.717) is 12.3 Å². The average molecular weight is 429 g/mol. The molecule has 0 spiro atoms. The number of hydrogen-bond donors (Lipinski definition) is 1. The number of nitrogens with zero attached hydrogens (tertiary/aromatic N) is 1. The van der Waals surface area contributed by atoms with Gasteiger partial charge in [0.05, 0.1) is 17.9 Å². The lowest BCUT2D eigenvalue weighted by molar-refractivity contribution is -0.115. The summed E-state index contributed by atoms with van der Waals surface area (Å²) in [4.78, 5) is 12.7. The summed E-state index contributed by atoms with van der Waals surface area (Å²) < 4.78 is 32.9. The fourth-order valence-electron chi connectivity index (χ4n) is 4.26. The van der Waals surface area contributed by atoms with Crippen LogP contribution in [0.5, 0.6) is 5.75 Å². The minimum absolute atomic E-state index is 0.0702. The molecule has 1 fully saturated rings. The molecule has 1 N–H and O–H groups in total. The third kappa shape index (κ3) is 4.52. The summed E-state index contributed by atoms with van der Waals surface area (Å²) in [5.41, 5.74) is 2.66. The van der Waals surface area contributed by atoms with E-state index >= 15 is 0 Å². The number of carbonyl (C=O) groups excluding carboxylic acids is 1. The number of fused-ring (bicyclic) bond motifs is 1. The lowest BCUT2D eigenvalue weighted by Crippen LogP contribution is -2.38. The van der Waals surface area contributed by atoms with Crippen LogP contribution in [-0.4, -0.2) is 38.3 Å². The van der Waals surface area contributed by atoms with Gasteiger partial charge in [-0.3, -0.25) is 4.79 Å². The molecule has 0 bridgehead atoms. The van der Waals surface area contributed by atoms with Crippen molar-refractivity contribution in [2.75, 3.05) is 19.0 Å². The minimum atomic E-state index is -3.53. The first-order chi connectivity index (χ1) is 14.4. The molecule has 2 aliphatic rings. The van der Waals surface area contributed by atoms with Crippen molar-refractivity contribution in [2.45, 2.75) is 55.9 Å². The predicted molar refractivity (Wildman–Crippen MR) is 116 cm³/mol. The van der Waals surface area contributed by atoms with Crippen molar-refractivity contribution in [3.05, 3.63) is 53.6 Å². The Morgan fingerprint density at radius 3 is 2.57 bits per heavy atom. The molecule has 1 aliphatic carbocycles. The number of carbonyl (C=O) groups is 1. The van der Waals surface area contributed by atoms with Crippen LogP contribution in [0.15, 0.2) is 47.4 Å². The molecule has 0 radical (unpaired) electrons. The number of anilines is 1. The Morgan fingerprint density at radius 2 is 1.83 bits per heavy atom. The third-order valence-electron chi connectivity index (χ3n) is 6.02. The third-order valence-corrected chi connectivity index (χ3v) is 7.95. The van der Waals surface area contributed by atoms with E-state index in [1.54, 1.807) is 31.3 Å². The molecule has 0 atom stereocenters. The summed E-state index contributed by atoms with van der Waals surface area (Å²) in [7, 11) is -1.86. The van der Waals surface area contributed by atoms with Gasteiger partial charge in [-0.05, 0) is 54.3 Å². The lowest BCUT2D eigenvalue weighted by atomic mass is 9.96. The number of sulfonamides is 1. The summed E-state index contributed by atoms with van der Waals surface area (Å²) in [6.07, 6.45) is 6.29. The van der Waals surface area contributed by atoms with E-state index in [-0.39, 0.29) is 23.3 Å². The van der Waals surface area contributed by atoms with Gasteiger partial charge in [0.25, 0.3) is 0 Å². The van der Waals surface area contributed by atoms with Gasteiger partial charge in [-0.1, -0.05) is 31.4 Å². The van der Waals surface area contributed by atoms with Crippen LogP contribution in [0.4, 0.5) is 5.69 Å². The first kappa shape index (κ1) is 20.9. The van der Waals surface area contributed by atoms with Crippen LogP contribution in [0.3, 0.4) is 0 Å². The number of amides is 1. The van der Waals surface area contributed by atoms with Crippen molar-refractivity contribution >= 4 is 21.6 Å². The van der Waals surface area contributed by atoms with E-state index in [2.05, 4.69) is 5.32 Å². The van der Waals surface area contributed by atoms with Gasteiger partial charge in [-0.15, -0.1) is 0 Å². The molecule has 1 amide bonds. The molecule has 4 rings (SSSR count). The molecule has 1 saturated carbocycles. The fraction of sp³-hybridized carbons (Fsp3) is 0.435. The molecule has 2 aromatic rings. The van der Waals surface area contributed by atoms with Crippen molar-refractivity contribution in [1.82, 2.24) is 4.31 Å². The molecule has 1 heterocycles. The molecule has 30 heavy (non-hydrogen) atoms. The van der Waals surface area contributed by atoms with E-state index in [0.717, 1.165) is 49.0 Å². The molecule has 2 aromatic carbocycles. The van der Waals surface area contributed by atoms with Gasteiger partial charge >= 0.3 is 0 Å². The largest absolute Gasteiger partial charge is 0.493 e. The topological polar surface area (TPSA) is 75.7 Å². The van der Waals surface area contributed by atoms with E-state index in [4.69, 9.17) is 4.74 Å². The number of rotatable bonds is 6. The highest BCUT2D eigenvalue weighted by molar-refractivity contribution is 7.89. The van der Waals surface area contributed by atoms with Crippen LogP contribution in [0.1, 0.15) is 43.2 Å². The number of nitrogens with one attached hydrogen (secondary N) is 1. The van der Waals surface area contributed by atoms with E-state index in [1.807, 2.05) is 18.2 Å². The van der Waals surface area contributed by atoms with Gasteiger partial charge in [0.15, 0.2) is 0 Å². The number of ether oxygens (including phenoxy) is 1. The molecule has 160 valence electrons. The molecule has 0 unspecified atom stereocenters. The van der Waals surface area contributed by atoms with Gasteiger partial charge in [0, 0.05) is 25.2 Å². The van der Waals surface area contributed by atoms with Crippen LogP contribution in [-0.2, 0) is 27.7 Å². The monoisotopic (exact) mass is 428 g/mol. The van der Waals surface area contributed by atoms with Crippen LogP contribution >= 0.6 is 0 Å². The quantitative estimate of drug-likeness (QED) is 0.760. The number of hydrogen-bond acceptors (Lipinski definition) is 4. The second-order valence-corrected chi connectivity index (χ2v) is 10.1. The highest BCUT2D eigenvalue weighted by atomic mass is 32.2. The Labute approximate surface area is 178 Å². The van der Waals surface area contributed by atoms with Crippen LogP contribution < -0.4 is 10.1 Å². The maximum Gasteiger partial charge on any atom is 0.243 e. The van der Waals surface area contributed by atoms with Crippen molar-refractivity contribution in [1.29, 1.82) is 0 Å². The fourth-order valence-corrected chi connectivity index (χ4v) is 5.67. The first-order valence-corrected chi connectivity index (χ1v) is 12.0. The Balaban J connectivity index is 1.38. The zero-order chi connectivity index (χ0) is 21.1. The van der Waals surface area contributed by atoms with Gasteiger partial charge in [-0.2, -0.15) is 4.31 Å².